The van der Waals surface area contributed by atoms with Crippen LogP contribution in [0.1, 0.15) is 414 Å². The van der Waals surface area contributed by atoms with Gasteiger partial charge in [0.2, 0.25) is 0 Å². The Bertz CT molecular complexity index is 1890. The molecule has 0 aliphatic carbocycles. The van der Waals surface area contributed by atoms with E-state index in [9.17, 15) is 43.2 Å². The van der Waals surface area contributed by atoms with E-state index in [1.165, 1.54) is 225 Å². The summed E-state index contributed by atoms with van der Waals surface area (Å²) < 4.78 is 68.4. The number of hydrogen-bond acceptors (Lipinski definition) is 15. The monoisotopic (exact) mass is 1440 g/mol. The summed E-state index contributed by atoms with van der Waals surface area (Å²) in [5.74, 6) is -0.526. The Morgan fingerprint density at radius 3 is 0.694 bits per heavy atom. The lowest BCUT2D eigenvalue weighted by Crippen LogP contribution is -2.30. The summed E-state index contributed by atoms with van der Waals surface area (Å²) in [5, 5.41) is 10.6. The Kier molecular flexibility index (Phi) is 69.3. The van der Waals surface area contributed by atoms with Crippen LogP contribution in [0.3, 0.4) is 0 Å². The van der Waals surface area contributed by atoms with Crippen molar-refractivity contribution < 1.29 is 80.2 Å². The van der Waals surface area contributed by atoms with Gasteiger partial charge in [0, 0.05) is 25.7 Å². The minimum absolute atomic E-state index is 0.106. The van der Waals surface area contributed by atoms with Crippen molar-refractivity contribution >= 4 is 39.5 Å². The fourth-order valence-electron chi connectivity index (χ4n) is 12.2. The summed E-state index contributed by atoms with van der Waals surface area (Å²) >= 11 is 0. The number of phosphoric acid groups is 2. The van der Waals surface area contributed by atoms with Crippen molar-refractivity contribution in [3.8, 4) is 0 Å². The van der Waals surface area contributed by atoms with Crippen LogP contribution in [0, 0.1) is 11.8 Å². The van der Waals surface area contributed by atoms with E-state index < -0.39 is 97.5 Å². The first-order valence-electron chi connectivity index (χ1n) is 41.0. The molecule has 0 aliphatic heterocycles. The van der Waals surface area contributed by atoms with E-state index in [2.05, 4.69) is 41.5 Å². The number of aliphatic hydroxyl groups excluding tert-OH is 1. The molecule has 0 aromatic carbocycles. The Hall–Kier alpha value is -1.94. The van der Waals surface area contributed by atoms with Crippen molar-refractivity contribution in [1.29, 1.82) is 0 Å². The smallest absolute Gasteiger partial charge is 0.462 e. The molecule has 0 saturated heterocycles. The summed E-state index contributed by atoms with van der Waals surface area (Å²) in [6.45, 7) is 9.58. The van der Waals surface area contributed by atoms with Gasteiger partial charge in [-0.05, 0) is 37.5 Å². The minimum Gasteiger partial charge on any atom is -0.462 e. The van der Waals surface area contributed by atoms with E-state index in [0.29, 0.717) is 25.7 Å². The fourth-order valence-corrected chi connectivity index (χ4v) is 13.8. The average molecular weight is 1440 g/mol. The first kappa shape index (κ1) is 96.1. The third kappa shape index (κ3) is 72.4. The van der Waals surface area contributed by atoms with Gasteiger partial charge in [0.05, 0.1) is 26.4 Å². The van der Waals surface area contributed by atoms with Crippen LogP contribution in [0.4, 0.5) is 0 Å². The van der Waals surface area contributed by atoms with Crippen molar-refractivity contribution in [2.45, 2.75) is 432 Å². The maximum atomic E-state index is 13.1. The number of esters is 4. The Morgan fingerprint density at radius 1 is 0.276 bits per heavy atom. The van der Waals surface area contributed by atoms with E-state index in [-0.39, 0.29) is 25.7 Å². The quantitative estimate of drug-likeness (QED) is 0.0222. The molecule has 19 heteroatoms. The molecule has 0 heterocycles. The Balaban J connectivity index is 5.13. The van der Waals surface area contributed by atoms with Gasteiger partial charge in [-0.3, -0.25) is 37.3 Å². The van der Waals surface area contributed by atoms with E-state index in [1.807, 2.05) is 0 Å². The normalized spacial score (nSPS) is 13.9. The van der Waals surface area contributed by atoms with E-state index in [0.717, 1.165) is 108 Å². The van der Waals surface area contributed by atoms with Crippen molar-refractivity contribution in [2.75, 3.05) is 39.6 Å². The molecule has 0 fully saturated rings. The van der Waals surface area contributed by atoms with Gasteiger partial charge in [-0.2, -0.15) is 0 Å². The molecule has 0 spiro atoms. The molecule has 0 aliphatic rings. The third-order valence-electron chi connectivity index (χ3n) is 18.5. The molecule has 2 unspecified atom stereocenters. The summed E-state index contributed by atoms with van der Waals surface area (Å²) in [6.07, 6.45) is 60.1. The molecule has 0 amide bonds. The van der Waals surface area contributed by atoms with Crippen molar-refractivity contribution in [1.82, 2.24) is 0 Å². The van der Waals surface area contributed by atoms with Crippen LogP contribution in [-0.4, -0.2) is 96.7 Å². The van der Waals surface area contributed by atoms with Crippen LogP contribution in [0.15, 0.2) is 0 Å². The molecule has 0 rings (SSSR count). The molecule has 98 heavy (non-hydrogen) atoms. The lowest BCUT2D eigenvalue weighted by molar-refractivity contribution is -0.161. The maximum Gasteiger partial charge on any atom is 0.472 e. The molecule has 5 atom stereocenters. The molecule has 0 aromatic heterocycles. The van der Waals surface area contributed by atoms with Crippen LogP contribution in [0.2, 0.25) is 0 Å². The molecular formula is C79H154O17P2. The zero-order chi connectivity index (χ0) is 72.1. The standard InChI is InChI=1S/C79H154O17P2/c1-7-9-11-13-14-15-16-17-18-19-20-24-29-34-39-44-50-56-62-77(82)90-68-75(96-79(84)64-57-51-45-40-35-30-25-22-21-23-27-32-37-42-48-53-59-71(3)4)70-94-98(87,88)92-66-73(80)65-91-97(85,86)93-69-74(67-89-76(81)61-55-47-12-10-8-2)95-78(83)63-58-52-46-41-36-31-26-28-33-38-43-49-54-60-72(5)6/h71-75,80H,7-70H2,1-6H3,(H,85,86)(H,87,88)/t73-,74+,75+/m0/s1. The highest BCUT2D eigenvalue weighted by atomic mass is 31.2. The van der Waals surface area contributed by atoms with Gasteiger partial charge in [0.1, 0.15) is 19.3 Å². The van der Waals surface area contributed by atoms with Crippen LogP contribution < -0.4 is 0 Å². The van der Waals surface area contributed by atoms with Gasteiger partial charge in [-0.15, -0.1) is 0 Å². The zero-order valence-electron chi connectivity index (χ0n) is 64.1. The summed E-state index contributed by atoms with van der Waals surface area (Å²) in [5.41, 5.74) is 0. The van der Waals surface area contributed by atoms with Crippen molar-refractivity contribution in [3.63, 3.8) is 0 Å². The summed E-state index contributed by atoms with van der Waals surface area (Å²) in [4.78, 5) is 72.7. The van der Waals surface area contributed by atoms with Crippen LogP contribution in [0.5, 0.6) is 0 Å². The SMILES string of the molecule is CCCCCCCCCCCCCCCCCCCCC(=O)OC[C@H](COP(=O)(O)OC[C@@H](O)COP(=O)(O)OC[C@@H](COC(=O)CCCCCCC)OC(=O)CCCCCCCCCCCCCCCC(C)C)OC(=O)CCCCCCCCCCCCCCCCCCC(C)C. The van der Waals surface area contributed by atoms with Crippen LogP contribution >= 0.6 is 15.6 Å². The lowest BCUT2D eigenvalue weighted by atomic mass is 10.0. The molecule has 0 saturated carbocycles. The third-order valence-corrected chi connectivity index (χ3v) is 20.4. The van der Waals surface area contributed by atoms with Crippen LogP contribution in [0.25, 0.3) is 0 Å². The predicted molar refractivity (Wildman–Crippen MR) is 400 cm³/mol. The number of unbranched alkanes of at least 4 members (excludes halogenated alkanes) is 48. The molecular weight excluding hydrogens is 1280 g/mol. The maximum absolute atomic E-state index is 13.1. The van der Waals surface area contributed by atoms with Gasteiger partial charge in [-0.25, -0.2) is 9.13 Å². The van der Waals surface area contributed by atoms with Crippen LogP contribution in [-0.2, 0) is 65.4 Å². The van der Waals surface area contributed by atoms with E-state index >= 15 is 0 Å². The number of ether oxygens (including phenoxy) is 4. The second kappa shape index (κ2) is 70.7. The number of carbonyl (C=O) groups is 4. The molecule has 0 aromatic rings. The highest BCUT2D eigenvalue weighted by Gasteiger charge is 2.30. The number of aliphatic hydroxyl groups is 1. The first-order chi connectivity index (χ1) is 47.4. The highest BCUT2D eigenvalue weighted by Crippen LogP contribution is 2.45. The van der Waals surface area contributed by atoms with Gasteiger partial charge in [0.15, 0.2) is 12.2 Å². The van der Waals surface area contributed by atoms with Gasteiger partial charge >= 0.3 is 39.5 Å². The number of rotatable bonds is 78. The van der Waals surface area contributed by atoms with E-state index in [4.69, 9.17) is 37.0 Å². The molecule has 0 radical (unpaired) electrons. The lowest BCUT2D eigenvalue weighted by Gasteiger charge is -2.21. The number of phosphoric ester groups is 2. The molecule has 3 N–H and O–H groups in total. The summed E-state index contributed by atoms with van der Waals surface area (Å²) in [6, 6.07) is 0. The number of hydrogen-bond donors (Lipinski definition) is 3. The van der Waals surface area contributed by atoms with Crippen molar-refractivity contribution in [2.24, 2.45) is 11.8 Å². The minimum atomic E-state index is -4.96. The van der Waals surface area contributed by atoms with Gasteiger partial charge < -0.3 is 33.8 Å². The fraction of sp³-hybridized carbons (Fsp3) is 0.949. The second-order valence-corrected chi connectivity index (χ2v) is 32.3. The van der Waals surface area contributed by atoms with Gasteiger partial charge in [0.25, 0.3) is 0 Å². The molecule has 582 valence electrons. The highest BCUT2D eigenvalue weighted by molar-refractivity contribution is 7.47. The zero-order valence-corrected chi connectivity index (χ0v) is 65.9. The second-order valence-electron chi connectivity index (χ2n) is 29.4. The Labute approximate surface area is 600 Å². The molecule has 0 bridgehead atoms. The largest absolute Gasteiger partial charge is 0.472 e. The summed E-state index contributed by atoms with van der Waals surface area (Å²) in [7, 11) is -9.91. The topological polar surface area (TPSA) is 237 Å². The van der Waals surface area contributed by atoms with Gasteiger partial charge in [-0.1, -0.05) is 363 Å². The van der Waals surface area contributed by atoms with E-state index in [1.54, 1.807) is 0 Å². The average Bonchev–Trinajstić information content (AvgIpc) is 0.991. The first-order valence-corrected chi connectivity index (χ1v) is 44.0. The predicted octanol–water partition coefficient (Wildman–Crippen LogP) is 23.5. The molecule has 17 nitrogen and oxygen atoms in total. The Morgan fingerprint density at radius 2 is 0.469 bits per heavy atom. The number of carbonyl (C=O) groups excluding carboxylic acids is 4. The van der Waals surface area contributed by atoms with Crippen molar-refractivity contribution in [3.05, 3.63) is 0 Å².